The van der Waals surface area contributed by atoms with Crippen LogP contribution in [0.2, 0.25) is 0 Å². The lowest BCUT2D eigenvalue weighted by atomic mass is 10.1. The Hall–Kier alpha value is -2.24. The summed E-state index contributed by atoms with van der Waals surface area (Å²) in [6, 6.07) is 4.09. The van der Waals surface area contributed by atoms with E-state index in [0.29, 0.717) is 17.1 Å². The highest BCUT2D eigenvalue weighted by atomic mass is 19.1. The maximum atomic E-state index is 13.5. The second-order valence-corrected chi connectivity index (χ2v) is 3.78. The molecule has 0 aliphatic rings. The zero-order chi connectivity index (χ0) is 13.1. The van der Waals surface area contributed by atoms with Gasteiger partial charge >= 0.3 is 0 Å². The van der Waals surface area contributed by atoms with Crippen molar-refractivity contribution in [1.82, 2.24) is 10.3 Å². The molecule has 0 aliphatic carbocycles. The molecular formula is C12H11FN2O3. The van der Waals surface area contributed by atoms with Crippen molar-refractivity contribution in [3.8, 4) is 5.75 Å². The summed E-state index contributed by atoms with van der Waals surface area (Å²) in [5.41, 5.74) is 1.21. The highest BCUT2D eigenvalue weighted by molar-refractivity contribution is 5.94. The van der Waals surface area contributed by atoms with Gasteiger partial charge in [-0.25, -0.2) is 9.02 Å². The third kappa shape index (κ3) is 2.53. The molecule has 0 aliphatic heterocycles. The topological polar surface area (TPSA) is 65.2 Å². The van der Waals surface area contributed by atoms with Gasteiger partial charge in [0.15, 0.2) is 5.78 Å². The summed E-state index contributed by atoms with van der Waals surface area (Å²) in [5.74, 6) is -0.606. The molecule has 0 fully saturated rings. The lowest BCUT2D eigenvalue weighted by Gasteiger charge is -2.05. The van der Waals surface area contributed by atoms with E-state index in [-0.39, 0.29) is 18.0 Å². The molecule has 1 aromatic heterocycles. The average molecular weight is 250 g/mol. The number of benzene rings is 1. The summed E-state index contributed by atoms with van der Waals surface area (Å²) in [5, 5.41) is 7.24. The number of ketones is 1. The summed E-state index contributed by atoms with van der Waals surface area (Å²) in [6.45, 7) is 3.17. The molecule has 6 heteroatoms. The van der Waals surface area contributed by atoms with Gasteiger partial charge in [0, 0.05) is 6.07 Å². The zero-order valence-corrected chi connectivity index (χ0v) is 9.94. The first-order chi connectivity index (χ1) is 8.58. The highest BCUT2D eigenvalue weighted by Gasteiger charge is 2.10. The third-order valence-corrected chi connectivity index (χ3v) is 2.44. The lowest BCUT2D eigenvalue weighted by molar-refractivity contribution is 0.101. The largest absolute Gasteiger partial charge is 0.487 e. The van der Waals surface area contributed by atoms with Gasteiger partial charge in [-0.05, 0) is 26.0 Å². The van der Waals surface area contributed by atoms with Gasteiger partial charge in [0.25, 0.3) is 0 Å². The lowest BCUT2D eigenvalue weighted by Crippen LogP contribution is -2.01. The minimum Gasteiger partial charge on any atom is -0.487 e. The number of aryl methyl sites for hydroxylation is 1. The van der Waals surface area contributed by atoms with Crippen molar-refractivity contribution < 1.29 is 18.6 Å². The molecule has 0 spiro atoms. The Kier molecular flexibility index (Phi) is 3.36. The van der Waals surface area contributed by atoms with Crippen LogP contribution in [0.5, 0.6) is 5.75 Å². The van der Waals surface area contributed by atoms with Gasteiger partial charge in [-0.3, -0.25) is 4.79 Å². The minimum absolute atomic E-state index is 0.0432. The molecule has 1 aromatic carbocycles. The second-order valence-electron chi connectivity index (χ2n) is 3.78. The van der Waals surface area contributed by atoms with Crippen LogP contribution in [0.1, 0.15) is 28.7 Å². The fraction of sp³-hybridized carbons (Fsp3) is 0.250. The zero-order valence-electron chi connectivity index (χ0n) is 9.94. The monoisotopic (exact) mass is 250 g/mol. The number of hydrogen-bond donors (Lipinski definition) is 0. The van der Waals surface area contributed by atoms with E-state index < -0.39 is 5.82 Å². The van der Waals surface area contributed by atoms with Crippen molar-refractivity contribution in [3.63, 3.8) is 0 Å². The molecule has 0 atom stereocenters. The van der Waals surface area contributed by atoms with Crippen molar-refractivity contribution in [1.29, 1.82) is 0 Å². The Morgan fingerprint density at radius 2 is 2.22 bits per heavy atom. The SMILES string of the molecule is CC(=O)c1ccc(OCc2nonc2C)cc1F. The van der Waals surface area contributed by atoms with E-state index in [2.05, 4.69) is 14.9 Å². The molecule has 2 aromatic rings. The number of carbonyl (C=O) groups excluding carboxylic acids is 1. The summed E-state index contributed by atoms with van der Waals surface area (Å²) in [7, 11) is 0. The number of rotatable bonds is 4. The first-order valence-electron chi connectivity index (χ1n) is 5.29. The van der Waals surface area contributed by atoms with Crippen LogP contribution in [-0.4, -0.2) is 16.1 Å². The molecular weight excluding hydrogens is 239 g/mol. The fourth-order valence-electron chi connectivity index (χ4n) is 1.40. The van der Waals surface area contributed by atoms with Crippen LogP contribution in [-0.2, 0) is 6.61 Å². The Morgan fingerprint density at radius 1 is 1.44 bits per heavy atom. The number of halogens is 1. The van der Waals surface area contributed by atoms with E-state index in [1.54, 1.807) is 6.92 Å². The maximum absolute atomic E-state index is 13.5. The second kappa shape index (κ2) is 4.95. The Labute approximate surface area is 103 Å². The van der Waals surface area contributed by atoms with Crippen molar-refractivity contribution in [2.24, 2.45) is 0 Å². The molecule has 18 heavy (non-hydrogen) atoms. The minimum atomic E-state index is -0.602. The highest BCUT2D eigenvalue weighted by Crippen LogP contribution is 2.18. The standard InChI is InChI=1S/C12H11FN2O3/c1-7-12(15-18-14-7)6-17-9-3-4-10(8(2)16)11(13)5-9/h3-5H,6H2,1-2H3. The molecule has 0 saturated heterocycles. The van der Waals surface area contributed by atoms with E-state index in [0.717, 1.165) is 0 Å². The van der Waals surface area contributed by atoms with Crippen LogP contribution >= 0.6 is 0 Å². The number of nitrogens with zero attached hydrogens (tertiary/aromatic N) is 2. The van der Waals surface area contributed by atoms with Gasteiger partial charge < -0.3 is 4.74 Å². The molecule has 0 saturated carbocycles. The average Bonchev–Trinajstić information content (AvgIpc) is 2.72. The summed E-state index contributed by atoms with van der Waals surface area (Å²) in [6.07, 6.45) is 0. The molecule has 0 radical (unpaired) electrons. The smallest absolute Gasteiger partial charge is 0.162 e. The molecule has 0 unspecified atom stereocenters. The van der Waals surface area contributed by atoms with Gasteiger partial charge in [-0.2, -0.15) is 0 Å². The van der Waals surface area contributed by atoms with Crippen LogP contribution in [0.25, 0.3) is 0 Å². The molecule has 0 amide bonds. The van der Waals surface area contributed by atoms with Crippen molar-refractivity contribution in [3.05, 3.63) is 41.0 Å². The normalized spacial score (nSPS) is 10.4. The Bertz CT molecular complexity index is 580. The first-order valence-corrected chi connectivity index (χ1v) is 5.29. The summed E-state index contributed by atoms with van der Waals surface area (Å²) < 4.78 is 23.3. The van der Waals surface area contributed by atoms with Crippen molar-refractivity contribution in [2.45, 2.75) is 20.5 Å². The van der Waals surface area contributed by atoms with Crippen LogP contribution < -0.4 is 4.74 Å². The molecule has 2 rings (SSSR count). The molecule has 94 valence electrons. The molecule has 0 N–H and O–H groups in total. The van der Waals surface area contributed by atoms with Gasteiger partial charge in [-0.1, -0.05) is 10.3 Å². The third-order valence-electron chi connectivity index (χ3n) is 2.44. The quantitative estimate of drug-likeness (QED) is 0.779. The first kappa shape index (κ1) is 12.2. The molecule has 0 bridgehead atoms. The maximum Gasteiger partial charge on any atom is 0.162 e. The van der Waals surface area contributed by atoms with Crippen molar-refractivity contribution in [2.75, 3.05) is 0 Å². The predicted molar refractivity (Wildman–Crippen MR) is 59.8 cm³/mol. The molecule has 1 heterocycles. The predicted octanol–water partition coefficient (Wildman–Crippen LogP) is 2.30. The van der Waals surface area contributed by atoms with Gasteiger partial charge in [0.2, 0.25) is 0 Å². The van der Waals surface area contributed by atoms with Gasteiger partial charge in [0.05, 0.1) is 5.56 Å². The van der Waals surface area contributed by atoms with E-state index in [1.807, 2.05) is 0 Å². The van der Waals surface area contributed by atoms with Crippen LogP contribution in [0, 0.1) is 12.7 Å². The number of carbonyl (C=O) groups is 1. The van der Waals surface area contributed by atoms with E-state index >= 15 is 0 Å². The Balaban J connectivity index is 2.09. The van der Waals surface area contributed by atoms with E-state index in [1.165, 1.54) is 25.1 Å². The number of ether oxygens (including phenoxy) is 1. The van der Waals surface area contributed by atoms with Gasteiger partial charge in [-0.15, -0.1) is 0 Å². The van der Waals surface area contributed by atoms with E-state index in [4.69, 9.17) is 4.74 Å². The summed E-state index contributed by atoms with van der Waals surface area (Å²) >= 11 is 0. The number of hydrogen-bond acceptors (Lipinski definition) is 5. The fourth-order valence-corrected chi connectivity index (χ4v) is 1.40. The number of Topliss-reactive ketones (excluding diaryl/α,β-unsaturated/α-hetero) is 1. The van der Waals surface area contributed by atoms with Crippen molar-refractivity contribution >= 4 is 5.78 Å². The number of aromatic nitrogens is 2. The Morgan fingerprint density at radius 3 is 2.78 bits per heavy atom. The van der Waals surface area contributed by atoms with Crippen LogP contribution in [0.15, 0.2) is 22.8 Å². The van der Waals surface area contributed by atoms with Crippen LogP contribution in [0.4, 0.5) is 4.39 Å². The molecule has 5 nitrogen and oxygen atoms in total. The summed E-state index contributed by atoms with van der Waals surface area (Å²) in [4.78, 5) is 11.1. The van der Waals surface area contributed by atoms with Crippen LogP contribution in [0.3, 0.4) is 0 Å². The van der Waals surface area contributed by atoms with E-state index in [9.17, 15) is 9.18 Å². The van der Waals surface area contributed by atoms with Gasteiger partial charge in [0.1, 0.15) is 29.6 Å².